The van der Waals surface area contributed by atoms with Gasteiger partial charge in [0.2, 0.25) is 0 Å². The molecule has 0 aliphatic heterocycles. The van der Waals surface area contributed by atoms with Gasteiger partial charge in [-0.3, -0.25) is 0 Å². The molecule has 4 atom stereocenters. The summed E-state index contributed by atoms with van der Waals surface area (Å²) in [6.07, 6.45) is 2.84. The lowest BCUT2D eigenvalue weighted by atomic mass is 9.88. The predicted molar refractivity (Wildman–Crippen MR) is 45.9 cm³/mol. The lowest BCUT2D eigenvalue weighted by Crippen LogP contribution is -2.10. The fraction of sp³-hybridized carbons (Fsp3) is 1.00. The molecule has 0 spiro atoms. The molecule has 1 aliphatic carbocycles. The van der Waals surface area contributed by atoms with Crippen molar-refractivity contribution in [3.8, 4) is 0 Å². The van der Waals surface area contributed by atoms with Gasteiger partial charge in [-0.05, 0) is 30.1 Å². The van der Waals surface area contributed by atoms with Gasteiger partial charge >= 0.3 is 0 Å². The summed E-state index contributed by atoms with van der Waals surface area (Å²) in [4.78, 5) is 0. The van der Waals surface area contributed by atoms with Crippen molar-refractivity contribution in [2.45, 2.75) is 40.5 Å². The largest absolute Gasteiger partial charge is 0.0651 e. The van der Waals surface area contributed by atoms with Gasteiger partial charge in [0, 0.05) is 0 Å². The van der Waals surface area contributed by atoms with E-state index in [-0.39, 0.29) is 0 Å². The Morgan fingerprint density at radius 3 is 1.90 bits per heavy atom. The molecule has 1 fully saturated rings. The van der Waals surface area contributed by atoms with Crippen LogP contribution in [0.25, 0.3) is 0 Å². The van der Waals surface area contributed by atoms with Gasteiger partial charge in [0.15, 0.2) is 0 Å². The van der Waals surface area contributed by atoms with Crippen molar-refractivity contribution in [3.05, 3.63) is 0 Å². The number of rotatable bonds is 1. The van der Waals surface area contributed by atoms with Crippen LogP contribution in [0.5, 0.6) is 0 Å². The van der Waals surface area contributed by atoms with Crippen LogP contribution in [0.15, 0.2) is 0 Å². The van der Waals surface area contributed by atoms with E-state index in [1.807, 2.05) is 0 Å². The summed E-state index contributed by atoms with van der Waals surface area (Å²) in [6.45, 7) is 9.56. The van der Waals surface area contributed by atoms with Crippen LogP contribution in [0.2, 0.25) is 0 Å². The molecule has 1 aliphatic rings. The first kappa shape index (κ1) is 8.10. The zero-order chi connectivity index (χ0) is 7.72. The van der Waals surface area contributed by atoms with E-state index in [0.717, 1.165) is 23.7 Å². The Kier molecular flexibility index (Phi) is 2.38. The third-order valence-electron chi connectivity index (χ3n) is 3.52. The molecule has 0 heterocycles. The van der Waals surface area contributed by atoms with Gasteiger partial charge in [0.25, 0.3) is 0 Å². The summed E-state index contributed by atoms with van der Waals surface area (Å²) in [6, 6.07) is 0. The van der Waals surface area contributed by atoms with Gasteiger partial charge in [-0.1, -0.05) is 34.1 Å². The van der Waals surface area contributed by atoms with Gasteiger partial charge in [-0.25, -0.2) is 0 Å². The fourth-order valence-electron chi connectivity index (χ4n) is 2.69. The standard InChI is InChI=1S/C10H20/c1-5-10-8(3)6-7(2)9(10)4/h7-10H,5-6H2,1-4H3/t7?,8?,9?,10-/m1/s1. The molecule has 0 nitrogen and oxygen atoms in total. The number of hydrogen-bond acceptors (Lipinski definition) is 0. The molecule has 0 heteroatoms. The van der Waals surface area contributed by atoms with E-state index in [4.69, 9.17) is 0 Å². The van der Waals surface area contributed by atoms with Crippen LogP contribution >= 0.6 is 0 Å². The van der Waals surface area contributed by atoms with Crippen molar-refractivity contribution in [2.24, 2.45) is 23.7 Å². The molecular weight excluding hydrogens is 120 g/mol. The van der Waals surface area contributed by atoms with E-state index >= 15 is 0 Å². The Labute approximate surface area is 65.0 Å². The smallest absolute Gasteiger partial charge is 0.0363 e. The van der Waals surface area contributed by atoms with Crippen molar-refractivity contribution < 1.29 is 0 Å². The van der Waals surface area contributed by atoms with Crippen LogP contribution in [0.4, 0.5) is 0 Å². The molecule has 0 aromatic carbocycles. The Bertz CT molecular complexity index is 107. The summed E-state index contributed by atoms with van der Waals surface area (Å²) < 4.78 is 0. The van der Waals surface area contributed by atoms with Crippen LogP contribution < -0.4 is 0 Å². The van der Waals surface area contributed by atoms with Gasteiger partial charge in [-0.2, -0.15) is 0 Å². The summed E-state index contributed by atoms with van der Waals surface area (Å²) in [5.74, 6) is 3.94. The first-order valence-electron chi connectivity index (χ1n) is 4.66. The highest BCUT2D eigenvalue weighted by atomic mass is 14.4. The van der Waals surface area contributed by atoms with Crippen molar-refractivity contribution in [1.82, 2.24) is 0 Å². The first-order valence-corrected chi connectivity index (χ1v) is 4.66. The molecule has 0 radical (unpaired) electrons. The first-order chi connectivity index (χ1) is 4.66. The minimum Gasteiger partial charge on any atom is -0.0651 e. The average molecular weight is 140 g/mol. The van der Waals surface area contributed by atoms with Crippen LogP contribution in [-0.2, 0) is 0 Å². The lowest BCUT2D eigenvalue weighted by Gasteiger charge is -2.18. The van der Waals surface area contributed by atoms with Gasteiger partial charge in [0.05, 0.1) is 0 Å². The summed E-state index contributed by atoms with van der Waals surface area (Å²) in [7, 11) is 0. The normalized spacial score (nSPS) is 48.0. The van der Waals surface area contributed by atoms with Crippen molar-refractivity contribution in [3.63, 3.8) is 0 Å². The van der Waals surface area contributed by atoms with E-state index in [2.05, 4.69) is 27.7 Å². The highest BCUT2D eigenvalue weighted by molar-refractivity contribution is 4.83. The molecule has 10 heavy (non-hydrogen) atoms. The molecular formula is C10H20. The van der Waals surface area contributed by atoms with Crippen molar-refractivity contribution >= 4 is 0 Å². The third kappa shape index (κ3) is 1.21. The summed E-state index contributed by atoms with van der Waals surface area (Å²) in [5, 5.41) is 0. The minimum absolute atomic E-state index is 0.972. The molecule has 3 unspecified atom stereocenters. The zero-order valence-corrected chi connectivity index (χ0v) is 7.72. The molecule has 0 bridgehead atoms. The minimum atomic E-state index is 0.972. The van der Waals surface area contributed by atoms with Crippen LogP contribution in [0.1, 0.15) is 40.5 Å². The van der Waals surface area contributed by atoms with E-state index in [1.54, 1.807) is 0 Å². The maximum atomic E-state index is 2.42. The summed E-state index contributed by atoms with van der Waals surface area (Å²) in [5.41, 5.74) is 0. The molecule has 60 valence electrons. The average Bonchev–Trinajstić information content (AvgIpc) is 2.09. The van der Waals surface area contributed by atoms with E-state index < -0.39 is 0 Å². The van der Waals surface area contributed by atoms with E-state index in [9.17, 15) is 0 Å². The van der Waals surface area contributed by atoms with Crippen molar-refractivity contribution in [2.75, 3.05) is 0 Å². The third-order valence-corrected chi connectivity index (χ3v) is 3.52. The van der Waals surface area contributed by atoms with E-state index in [0.29, 0.717) is 0 Å². The maximum absolute atomic E-state index is 2.42. The van der Waals surface area contributed by atoms with Gasteiger partial charge in [-0.15, -0.1) is 0 Å². The quantitative estimate of drug-likeness (QED) is 0.524. The second-order valence-electron chi connectivity index (χ2n) is 4.12. The topological polar surface area (TPSA) is 0 Å². The Balaban J connectivity index is 2.55. The molecule has 0 aromatic rings. The second kappa shape index (κ2) is 2.94. The van der Waals surface area contributed by atoms with E-state index in [1.165, 1.54) is 12.8 Å². The fourth-order valence-corrected chi connectivity index (χ4v) is 2.69. The highest BCUT2D eigenvalue weighted by Crippen LogP contribution is 2.42. The molecule has 0 amide bonds. The molecule has 0 N–H and O–H groups in total. The van der Waals surface area contributed by atoms with Gasteiger partial charge < -0.3 is 0 Å². The van der Waals surface area contributed by atoms with Crippen molar-refractivity contribution in [1.29, 1.82) is 0 Å². The maximum Gasteiger partial charge on any atom is -0.0363 e. The molecule has 0 aromatic heterocycles. The van der Waals surface area contributed by atoms with Crippen LogP contribution in [0.3, 0.4) is 0 Å². The zero-order valence-electron chi connectivity index (χ0n) is 7.72. The molecule has 1 rings (SSSR count). The molecule has 1 saturated carbocycles. The highest BCUT2D eigenvalue weighted by Gasteiger charge is 2.33. The summed E-state index contributed by atoms with van der Waals surface area (Å²) >= 11 is 0. The number of hydrogen-bond donors (Lipinski definition) is 0. The lowest BCUT2D eigenvalue weighted by molar-refractivity contribution is 0.314. The Hall–Kier alpha value is 0. The molecule has 0 saturated heterocycles. The monoisotopic (exact) mass is 140 g/mol. The van der Waals surface area contributed by atoms with Crippen LogP contribution in [0, 0.1) is 23.7 Å². The predicted octanol–water partition coefficient (Wildman–Crippen LogP) is 3.32. The SMILES string of the molecule is CC[C@@H]1C(C)CC(C)C1C. The Morgan fingerprint density at radius 2 is 1.70 bits per heavy atom. The second-order valence-corrected chi connectivity index (χ2v) is 4.12. The van der Waals surface area contributed by atoms with Crippen LogP contribution in [-0.4, -0.2) is 0 Å². The van der Waals surface area contributed by atoms with Gasteiger partial charge in [0.1, 0.15) is 0 Å². The Morgan fingerprint density at radius 1 is 1.10 bits per heavy atom.